The van der Waals surface area contributed by atoms with Crippen molar-refractivity contribution in [3.63, 3.8) is 0 Å². The van der Waals surface area contributed by atoms with Crippen molar-refractivity contribution in [1.29, 1.82) is 0 Å². The quantitative estimate of drug-likeness (QED) is 0.221. The molecule has 0 radical (unpaired) electrons. The molecule has 0 atom stereocenters. The van der Waals surface area contributed by atoms with Gasteiger partial charge in [-0.25, -0.2) is 9.69 Å². The van der Waals surface area contributed by atoms with E-state index in [9.17, 15) is 14.4 Å². The van der Waals surface area contributed by atoms with Crippen molar-refractivity contribution in [3.8, 4) is 5.75 Å². The molecule has 0 saturated heterocycles. The predicted octanol–water partition coefficient (Wildman–Crippen LogP) is 5.80. The zero-order valence-electron chi connectivity index (χ0n) is 18.6. The molecule has 1 heterocycles. The fraction of sp³-hybridized carbons (Fsp3) is 0.0357. The fourth-order valence-electron chi connectivity index (χ4n) is 3.84. The fourth-order valence-corrected chi connectivity index (χ4v) is 4.05. The van der Waals surface area contributed by atoms with E-state index >= 15 is 0 Å². The number of rotatable bonds is 5. The number of nitrogens with one attached hydrogen (secondary N) is 1. The molecule has 1 aliphatic heterocycles. The van der Waals surface area contributed by atoms with E-state index < -0.39 is 17.8 Å². The van der Waals surface area contributed by atoms with Crippen LogP contribution in [0.4, 0.5) is 11.4 Å². The molecule has 0 bridgehead atoms. The van der Waals surface area contributed by atoms with Crippen molar-refractivity contribution < 1.29 is 19.1 Å². The number of hydrogen-bond donors (Lipinski definition) is 1. The smallest absolute Gasteiger partial charge is 0.343 e. The molecule has 1 N–H and O–H groups in total. The van der Waals surface area contributed by atoms with Gasteiger partial charge < -0.3 is 10.1 Å². The molecule has 5 rings (SSSR count). The summed E-state index contributed by atoms with van der Waals surface area (Å²) < 4.78 is 5.38. The van der Waals surface area contributed by atoms with E-state index in [0.717, 1.165) is 21.2 Å². The lowest BCUT2D eigenvalue weighted by atomic mass is 10.1. The molecule has 0 fully saturated rings. The van der Waals surface area contributed by atoms with Crippen LogP contribution in [-0.2, 0) is 9.59 Å². The summed E-state index contributed by atoms with van der Waals surface area (Å²) in [6.07, 6.45) is 0. The van der Waals surface area contributed by atoms with E-state index in [1.54, 1.807) is 48.5 Å². The van der Waals surface area contributed by atoms with Gasteiger partial charge in [0.15, 0.2) is 0 Å². The molecule has 7 heteroatoms. The number of anilines is 2. The minimum atomic E-state index is -0.603. The van der Waals surface area contributed by atoms with E-state index in [1.165, 1.54) is 0 Å². The molecule has 0 unspecified atom stereocenters. The monoisotopic (exact) mass is 482 g/mol. The Morgan fingerprint density at radius 1 is 0.829 bits per heavy atom. The van der Waals surface area contributed by atoms with Crippen LogP contribution < -0.4 is 15.0 Å². The summed E-state index contributed by atoms with van der Waals surface area (Å²) in [5, 5.41) is 4.38. The van der Waals surface area contributed by atoms with E-state index in [1.807, 2.05) is 49.4 Å². The van der Waals surface area contributed by atoms with Crippen LogP contribution in [0, 0.1) is 6.92 Å². The summed E-state index contributed by atoms with van der Waals surface area (Å²) in [6, 6.07) is 26.4. The second-order valence-electron chi connectivity index (χ2n) is 8.04. The number of carbonyl (C=O) groups excluding carboxylic acids is 3. The molecular formula is C28H19ClN2O4. The second-order valence-corrected chi connectivity index (χ2v) is 8.42. The standard InChI is InChI=1S/C28H19ClN2O4/c1-17-9-15-21(16-10-17)35-28(34)19-11-13-20(14-12-19)30-25-24(29)26(32)31(27(25)33)23-8-4-6-18-5-2-3-7-22(18)23/h2-16,30H,1H3. The van der Waals surface area contributed by atoms with E-state index in [0.29, 0.717) is 22.7 Å². The van der Waals surface area contributed by atoms with Crippen molar-refractivity contribution in [1.82, 2.24) is 0 Å². The molecule has 2 amide bonds. The molecular weight excluding hydrogens is 464 g/mol. The van der Waals surface area contributed by atoms with Gasteiger partial charge in [0.1, 0.15) is 16.5 Å². The van der Waals surface area contributed by atoms with E-state index in [-0.39, 0.29) is 10.7 Å². The molecule has 0 spiro atoms. The molecule has 0 aromatic heterocycles. The largest absolute Gasteiger partial charge is 0.423 e. The number of ether oxygens (including phenoxy) is 1. The summed E-state index contributed by atoms with van der Waals surface area (Å²) >= 11 is 6.28. The number of hydrogen-bond acceptors (Lipinski definition) is 5. The van der Waals surface area contributed by atoms with Gasteiger partial charge in [-0.2, -0.15) is 0 Å². The average molecular weight is 483 g/mol. The van der Waals surface area contributed by atoms with Gasteiger partial charge in [-0.1, -0.05) is 65.7 Å². The van der Waals surface area contributed by atoms with Crippen molar-refractivity contribution >= 4 is 51.5 Å². The number of imide groups is 1. The highest BCUT2D eigenvalue weighted by molar-refractivity contribution is 6.53. The first kappa shape index (κ1) is 22.4. The number of nitrogens with zero attached hydrogens (tertiary/aromatic N) is 1. The topological polar surface area (TPSA) is 75.7 Å². The first-order valence-electron chi connectivity index (χ1n) is 10.8. The first-order valence-corrected chi connectivity index (χ1v) is 11.2. The number of fused-ring (bicyclic) bond motifs is 1. The van der Waals surface area contributed by atoms with Gasteiger partial charge in [-0.3, -0.25) is 9.59 Å². The maximum Gasteiger partial charge on any atom is 0.343 e. The molecule has 172 valence electrons. The second kappa shape index (κ2) is 9.08. The molecule has 0 saturated carbocycles. The van der Waals surface area contributed by atoms with Crippen molar-refractivity contribution in [3.05, 3.63) is 113 Å². The molecule has 6 nitrogen and oxygen atoms in total. The van der Waals surface area contributed by atoms with Crippen LogP contribution in [0.5, 0.6) is 5.75 Å². The number of carbonyl (C=O) groups is 3. The van der Waals surface area contributed by atoms with Crippen LogP contribution in [0.15, 0.2) is 102 Å². The molecule has 4 aromatic rings. The van der Waals surface area contributed by atoms with Crippen molar-refractivity contribution in [2.75, 3.05) is 10.2 Å². The number of benzene rings is 4. The highest BCUT2D eigenvalue weighted by atomic mass is 35.5. The summed E-state index contributed by atoms with van der Waals surface area (Å²) in [6.45, 7) is 1.95. The Labute approximate surface area is 206 Å². The minimum Gasteiger partial charge on any atom is -0.423 e. The zero-order valence-corrected chi connectivity index (χ0v) is 19.4. The predicted molar refractivity (Wildman–Crippen MR) is 136 cm³/mol. The third-order valence-corrected chi connectivity index (χ3v) is 6.01. The number of amides is 2. The molecule has 1 aliphatic rings. The van der Waals surface area contributed by atoms with Crippen LogP contribution >= 0.6 is 11.6 Å². The third-order valence-electron chi connectivity index (χ3n) is 5.66. The molecule has 4 aromatic carbocycles. The van der Waals surface area contributed by atoms with Crippen LogP contribution in [-0.4, -0.2) is 17.8 Å². The Hall–Kier alpha value is -4.42. The van der Waals surface area contributed by atoms with Crippen LogP contribution in [0.1, 0.15) is 15.9 Å². The molecule has 0 aliphatic carbocycles. The van der Waals surface area contributed by atoms with E-state index in [4.69, 9.17) is 16.3 Å². The summed E-state index contributed by atoms with van der Waals surface area (Å²) in [4.78, 5) is 39.6. The highest BCUT2D eigenvalue weighted by Crippen LogP contribution is 2.34. The Kier molecular flexibility index (Phi) is 5.81. The highest BCUT2D eigenvalue weighted by Gasteiger charge is 2.39. The van der Waals surface area contributed by atoms with Crippen molar-refractivity contribution in [2.45, 2.75) is 6.92 Å². The van der Waals surface area contributed by atoms with Crippen LogP contribution in [0.2, 0.25) is 0 Å². The van der Waals surface area contributed by atoms with Gasteiger partial charge in [0.25, 0.3) is 11.8 Å². The number of halogens is 1. The average Bonchev–Trinajstić information content (AvgIpc) is 3.08. The van der Waals surface area contributed by atoms with Gasteiger partial charge >= 0.3 is 5.97 Å². The van der Waals surface area contributed by atoms with Gasteiger partial charge in [0, 0.05) is 11.1 Å². The minimum absolute atomic E-state index is 0.0282. The van der Waals surface area contributed by atoms with Gasteiger partial charge in [0.2, 0.25) is 0 Å². The van der Waals surface area contributed by atoms with Crippen LogP contribution in [0.3, 0.4) is 0 Å². The maximum absolute atomic E-state index is 13.2. The summed E-state index contributed by atoms with van der Waals surface area (Å²) in [5.41, 5.74) is 2.32. The Morgan fingerprint density at radius 3 is 2.26 bits per heavy atom. The summed E-state index contributed by atoms with van der Waals surface area (Å²) in [5.74, 6) is -1.22. The number of aryl methyl sites for hydroxylation is 1. The van der Waals surface area contributed by atoms with Gasteiger partial charge in [-0.05, 0) is 54.8 Å². The Balaban J connectivity index is 1.34. The van der Waals surface area contributed by atoms with Crippen molar-refractivity contribution in [2.24, 2.45) is 0 Å². The summed E-state index contributed by atoms with van der Waals surface area (Å²) in [7, 11) is 0. The normalized spacial score (nSPS) is 13.5. The van der Waals surface area contributed by atoms with Gasteiger partial charge in [-0.15, -0.1) is 0 Å². The maximum atomic E-state index is 13.2. The molecule has 35 heavy (non-hydrogen) atoms. The lowest BCUT2D eigenvalue weighted by Crippen LogP contribution is -2.32. The van der Waals surface area contributed by atoms with Gasteiger partial charge in [0.05, 0.1) is 11.3 Å². The first-order chi connectivity index (χ1) is 16.9. The lowest BCUT2D eigenvalue weighted by molar-refractivity contribution is -0.120. The number of esters is 1. The van der Waals surface area contributed by atoms with Crippen LogP contribution in [0.25, 0.3) is 10.8 Å². The van der Waals surface area contributed by atoms with E-state index in [2.05, 4.69) is 5.32 Å². The Bertz CT molecular complexity index is 1500. The Morgan fingerprint density at radius 2 is 1.51 bits per heavy atom. The SMILES string of the molecule is Cc1ccc(OC(=O)c2ccc(NC3=C(Cl)C(=O)N(c4cccc5ccccc45)C3=O)cc2)cc1. The zero-order chi connectivity index (χ0) is 24.5. The lowest BCUT2D eigenvalue weighted by Gasteiger charge is -2.17. The third kappa shape index (κ3) is 4.27.